The normalized spacial score (nSPS) is 16.7. The quantitative estimate of drug-likeness (QED) is 0.751. The lowest BCUT2D eigenvalue weighted by Crippen LogP contribution is -2.17. The SMILES string of the molecule is Cc1ccnc(Nc2cccc(-c3cnc(C4CCC(=O)N4)s3)n2)c1. The zero-order valence-electron chi connectivity index (χ0n) is 13.7. The zero-order chi connectivity index (χ0) is 17.2. The standard InChI is InChI=1S/C18H17N5OS/c1-11-7-8-19-16(9-11)23-15-4-2-3-12(21-15)14-10-20-18(25-14)13-5-6-17(24)22-13/h2-4,7-10,13H,5-6H2,1H3,(H,22,24)(H,19,21,23). The Labute approximate surface area is 149 Å². The van der Waals surface area contributed by atoms with Crippen molar-refractivity contribution < 1.29 is 4.79 Å². The molecule has 0 bridgehead atoms. The number of carbonyl (C=O) groups is 1. The molecule has 1 saturated heterocycles. The van der Waals surface area contributed by atoms with Gasteiger partial charge in [-0.3, -0.25) is 4.79 Å². The number of thiazole rings is 1. The summed E-state index contributed by atoms with van der Waals surface area (Å²) in [5.74, 6) is 1.60. The summed E-state index contributed by atoms with van der Waals surface area (Å²) >= 11 is 1.57. The first-order chi connectivity index (χ1) is 12.2. The fourth-order valence-corrected chi connectivity index (χ4v) is 3.72. The molecule has 2 N–H and O–H groups in total. The van der Waals surface area contributed by atoms with Crippen LogP contribution in [-0.4, -0.2) is 20.9 Å². The summed E-state index contributed by atoms with van der Waals surface area (Å²) in [5, 5.41) is 7.11. The van der Waals surface area contributed by atoms with Gasteiger partial charge in [-0.1, -0.05) is 6.07 Å². The average molecular weight is 351 g/mol. The molecule has 3 aromatic rings. The predicted octanol–water partition coefficient (Wildman–Crippen LogP) is 3.60. The van der Waals surface area contributed by atoms with E-state index in [1.54, 1.807) is 17.5 Å². The first kappa shape index (κ1) is 15.7. The topological polar surface area (TPSA) is 79.8 Å². The molecule has 4 heterocycles. The first-order valence-electron chi connectivity index (χ1n) is 8.09. The van der Waals surface area contributed by atoms with Crippen LogP contribution in [0.3, 0.4) is 0 Å². The van der Waals surface area contributed by atoms with Crippen LogP contribution in [0.15, 0.2) is 42.7 Å². The molecule has 1 amide bonds. The Kier molecular flexibility index (Phi) is 4.15. The van der Waals surface area contributed by atoms with Gasteiger partial charge in [-0.15, -0.1) is 11.3 Å². The lowest BCUT2D eigenvalue weighted by atomic mass is 10.2. The van der Waals surface area contributed by atoms with E-state index in [2.05, 4.69) is 25.6 Å². The lowest BCUT2D eigenvalue weighted by Gasteiger charge is -2.06. The molecule has 0 radical (unpaired) electrons. The Morgan fingerprint density at radius 2 is 2.16 bits per heavy atom. The van der Waals surface area contributed by atoms with Crippen LogP contribution in [0, 0.1) is 6.92 Å². The van der Waals surface area contributed by atoms with E-state index in [9.17, 15) is 4.79 Å². The monoisotopic (exact) mass is 351 g/mol. The minimum Gasteiger partial charge on any atom is -0.347 e. The van der Waals surface area contributed by atoms with Crippen molar-refractivity contribution in [1.29, 1.82) is 0 Å². The number of rotatable bonds is 4. The molecule has 0 aliphatic carbocycles. The summed E-state index contributed by atoms with van der Waals surface area (Å²) in [5.41, 5.74) is 1.99. The molecule has 3 aromatic heterocycles. The summed E-state index contributed by atoms with van der Waals surface area (Å²) in [6.07, 6.45) is 4.97. The maximum Gasteiger partial charge on any atom is 0.220 e. The highest BCUT2D eigenvalue weighted by atomic mass is 32.1. The minimum absolute atomic E-state index is 0.0315. The number of hydrogen-bond acceptors (Lipinski definition) is 6. The van der Waals surface area contributed by atoms with Crippen molar-refractivity contribution >= 4 is 28.9 Å². The van der Waals surface area contributed by atoms with Gasteiger partial charge in [0.05, 0.1) is 16.6 Å². The molecule has 1 aliphatic rings. The Balaban J connectivity index is 1.55. The number of nitrogens with one attached hydrogen (secondary N) is 2. The van der Waals surface area contributed by atoms with E-state index in [4.69, 9.17) is 0 Å². The van der Waals surface area contributed by atoms with E-state index in [1.165, 1.54) is 0 Å². The van der Waals surface area contributed by atoms with Gasteiger partial charge in [0.25, 0.3) is 0 Å². The zero-order valence-corrected chi connectivity index (χ0v) is 14.5. The highest BCUT2D eigenvalue weighted by molar-refractivity contribution is 7.15. The van der Waals surface area contributed by atoms with Crippen LogP contribution >= 0.6 is 11.3 Å². The molecule has 25 heavy (non-hydrogen) atoms. The number of amides is 1. The van der Waals surface area contributed by atoms with Crippen molar-refractivity contribution in [1.82, 2.24) is 20.3 Å². The van der Waals surface area contributed by atoms with Crippen LogP contribution in [0.4, 0.5) is 11.6 Å². The summed E-state index contributed by atoms with van der Waals surface area (Å²) in [4.78, 5) is 25.8. The van der Waals surface area contributed by atoms with Crippen LogP contribution in [0.2, 0.25) is 0 Å². The second-order valence-corrected chi connectivity index (χ2v) is 7.04. The number of nitrogens with zero attached hydrogens (tertiary/aromatic N) is 3. The van der Waals surface area contributed by atoms with Gasteiger partial charge in [0, 0.05) is 18.8 Å². The lowest BCUT2D eigenvalue weighted by molar-refractivity contribution is -0.119. The minimum atomic E-state index is 0.0315. The molecule has 4 rings (SSSR count). The third-order valence-corrected chi connectivity index (χ3v) is 5.12. The van der Waals surface area contributed by atoms with Crippen molar-refractivity contribution in [2.24, 2.45) is 0 Å². The fraction of sp³-hybridized carbons (Fsp3) is 0.222. The molecule has 1 unspecified atom stereocenters. The van der Waals surface area contributed by atoms with E-state index in [0.717, 1.165) is 39.2 Å². The number of aromatic nitrogens is 3. The second kappa shape index (κ2) is 6.60. The predicted molar refractivity (Wildman–Crippen MR) is 97.7 cm³/mol. The summed E-state index contributed by atoms with van der Waals surface area (Å²) in [7, 11) is 0. The fourth-order valence-electron chi connectivity index (χ4n) is 2.74. The van der Waals surface area contributed by atoms with E-state index < -0.39 is 0 Å². The maximum atomic E-state index is 11.4. The van der Waals surface area contributed by atoms with Crippen molar-refractivity contribution in [2.45, 2.75) is 25.8 Å². The van der Waals surface area contributed by atoms with Crippen LogP contribution in [-0.2, 0) is 4.79 Å². The molecule has 1 fully saturated rings. The van der Waals surface area contributed by atoms with Gasteiger partial charge >= 0.3 is 0 Å². The maximum absolute atomic E-state index is 11.4. The molecule has 1 aliphatic heterocycles. The number of pyridine rings is 2. The smallest absolute Gasteiger partial charge is 0.220 e. The van der Waals surface area contributed by atoms with Crippen molar-refractivity contribution in [2.75, 3.05) is 5.32 Å². The Morgan fingerprint density at radius 3 is 2.96 bits per heavy atom. The van der Waals surface area contributed by atoms with Crippen LogP contribution in [0.5, 0.6) is 0 Å². The second-order valence-electron chi connectivity index (χ2n) is 5.97. The van der Waals surface area contributed by atoms with Gasteiger partial charge in [-0.25, -0.2) is 15.0 Å². The molecule has 6 nitrogen and oxygen atoms in total. The molecule has 1 atom stereocenters. The molecular weight excluding hydrogens is 334 g/mol. The van der Waals surface area contributed by atoms with Crippen molar-refractivity contribution in [3.05, 3.63) is 53.3 Å². The van der Waals surface area contributed by atoms with E-state index in [1.807, 2.05) is 43.5 Å². The average Bonchev–Trinajstić information content (AvgIpc) is 3.24. The Bertz CT molecular complexity index is 923. The first-order valence-corrected chi connectivity index (χ1v) is 8.91. The van der Waals surface area contributed by atoms with E-state index in [0.29, 0.717) is 6.42 Å². The number of carbonyl (C=O) groups excluding carboxylic acids is 1. The molecule has 0 aromatic carbocycles. The van der Waals surface area contributed by atoms with Crippen LogP contribution < -0.4 is 10.6 Å². The van der Waals surface area contributed by atoms with Gasteiger partial charge in [-0.05, 0) is 43.2 Å². The van der Waals surface area contributed by atoms with Crippen molar-refractivity contribution in [3.8, 4) is 10.6 Å². The Hall–Kier alpha value is -2.80. The highest BCUT2D eigenvalue weighted by Crippen LogP contribution is 2.32. The molecule has 126 valence electrons. The van der Waals surface area contributed by atoms with E-state index in [-0.39, 0.29) is 11.9 Å². The number of anilines is 2. The number of hydrogen-bond donors (Lipinski definition) is 2. The molecular formula is C18H17N5OS. The molecule has 0 saturated carbocycles. The molecule has 0 spiro atoms. The van der Waals surface area contributed by atoms with Gasteiger partial charge in [0.1, 0.15) is 16.6 Å². The van der Waals surface area contributed by atoms with Gasteiger partial charge in [0.15, 0.2) is 0 Å². The summed E-state index contributed by atoms with van der Waals surface area (Å²) < 4.78 is 0. The highest BCUT2D eigenvalue weighted by Gasteiger charge is 2.25. The number of aryl methyl sites for hydroxylation is 1. The third-order valence-electron chi connectivity index (χ3n) is 3.99. The Morgan fingerprint density at radius 1 is 1.24 bits per heavy atom. The van der Waals surface area contributed by atoms with Crippen LogP contribution in [0.25, 0.3) is 10.6 Å². The van der Waals surface area contributed by atoms with Gasteiger partial charge < -0.3 is 10.6 Å². The summed E-state index contributed by atoms with van der Waals surface area (Å²) in [6.45, 7) is 2.03. The summed E-state index contributed by atoms with van der Waals surface area (Å²) in [6, 6.07) is 9.78. The van der Waals surface area contributed by atoms with E-state index >= 15 is 0 Å². The van der Waals surface area contributed by atoms with Gasteiger partial charge in [-0.2, -0.15) is 0 Å². The third kappa shape index (κ3) is 3.51. The van der Waals surface area contributed by atoms with Gasteiger partial charge in [0.2, 0.25) is 5.91 Å². The largest absolute Gasteiger partial charge is 0.347 e. The van der Waals surface area contributed by atoms with Crippen molar-refractivity contribution in [3.63, 3.8) is 0 Å². The van der Waals surface area contributed by atoms with Crippen LogP contribution in [0.1, 0.15) is 29.5 Å². The molecule has 7 heteroatoms.